The molecule has 0 aliphatic rings. The topological polar surface area (TPSA) is 15.8 Å². The zero-order chi connectivity index (χ0) is 6.69. The number of hydrogen-bond donors (Lipinski definition) is 1. The number of hydrogen-bond acceptors (Lipinski definition) is 0. The van der Waals surface area contributed by atoms with Crippen LogP contribution in [-0.4, -0.2) is 4.98 Å². The van der Waals surface area contributed by atoms with E-state index in [4.69, 9.17) is 0 Å². The van der Waals surface area contributed by atoms with Crippen molar-refractivity contribution in [2.45, 2.75) is 0 Å². The lowest BCUT2D eigenvalue weighted by Crippen LogP contribution is -2.19. The zero-order valence-electron chi connectivity index (χ0n) is 5.22. The minimum atomic E-state index is 1.01. The van der Waals surface area contributed by atoms with Gasteiger partial charge in [-0.25, -0.2) is 0 Å². The molecule has 1 nitrogen and oxygen atoms in total. The molecule has 0 aliphatic heterocycles. The van der Waals surface area contributed by atoms with Crippen LogP contribution in [-0.2, 0) is 0 Å². The molecule has 0 fully saturated rings. The maximum absolute atomic E-state index is 3.79. The Balaban J connectivity index is 3.39. The maximum atomic E-state index is 3.79. The van der Waals surface area contributed by atoms with E-state index in [0.717, 1.165) is 10.6 Å². The molecule has 0 bridgehead atoms. The highest BCUT2D eigenvalue weighted by Gasteiger charge is 1.76. The first kappa shape index (κ1) is 5.89. The van der Waals surface area contributed by atoms with E-state index in [-0.39, 0.29) is 0 Å². The van der Waals surface area contributed by atoms with Gasteiger partial charge in [-0.1, -0.05) is 19.2 Å². The molecule has 1 rings (SSSR count). The van der Waals surface area contributed by atoms with Crippen LogP contribution >= 0.6 is 0 Å². The quantitative estimate of drug-likeness (QED) is 0.550. The predicted molar refractivity (Wildman–Crippen MR) is 40.2 cm³/mol. The van der Waals surface area contributed by atoms with Crippen molar-refractivity contribution < 1.29 is 0 Å². The van der Waals surface area contributed by atoms with Gasteiger partial charge in [-0.15, -0.1) is 0 Å². The summed E-state index contributed by atoms with van der Waals surface area (Å²) in [7, 11) is 0. The van der Waals surface area contributed by atoms with Gasteiger partial charge in [0.2, 0.25) is 0 Å². The fourth-order valence-electron chi connectivity index (χ4n) is 0.688. The predicted octanol–water partition coefficient (Wildman–Crippen LogP) is 0.392. The lowest BCUT2D eigenvalue weighted by Gasteiger charge is -1.71. The summed E-state index contributed by atoms with van der Waals surface area (Å²) in [4.78, 5) is 3.02. The molecule has 0 unspecified atom stereocenters. The Kier molecular flexibility index (Phi) is 1.54. The van der Waals surface area contributed by atoms with Crippen LogP contribution in [0.15, 0.2) is 24.9 Å². The Bertz CT molecular complexity index is 293. The lowest BCUT2D eigenvalue weighted by atomic mass is 10.4. The number of H-pyrrole nitrogens is 1. The minimum absolute atomic E-state index is 1.01. The smallest absolute Gasteiger partial charge is 0.0447 e. The van der Waals surface area contributed by atoms with Crippen molar-refractivity contribution in [3.05, 3.63) is 35.5 Å². The largest absolute Gasteiger partial charge is 0.361 e. The van der Waals surface area contributed by atoms with Gasteiger partial charge in [0.25, 0.3) is 0 Å². The Morgan fingerprint density at radius 2 is 2.33 bits per heavy atom. The van der Waals surface area contributed by atoms with E-state index >= 15 is 0 Å². The average Bonchev–Trinajstić information content (AvgIpc) is 2.18. The van der Waals surface area contributed by atoms with Gasteiger partial charge < -0.3 is 4.98 Å². The molecule has 9 heavy (non-hydrogen) atoms. The first-order chi connectivity index (χ1) is 4.34. The van der Waals surface area contributed by atoms with Gasteiger partial charge in [-0.3, -0.25) is 0 Å². The fourth-order valence-corrected chi connectivity index (χ4v) is 0.688. The molecule has 1 aromatic heterocycles. The van der Waals surface area contributed by atoms with Gasteiger partial charge in [0, 0.05) is 11.5 Å². The van der Waals surface area contributed by atoms with Crippen LogP contribution in [0.2, 0.25) is 0 Å². The Hall–Kier alpha value is -1.24. The van der Waals surface area contributed by atoms with Crippen LogP contribution in [0.25, 0.3) is 12.7 Å². The third-order valence-corrected chi connectivity index (χ3v) is 1.15. The lowest BCUT2D eigenvalue weighted by molar-refractivity contribution is 1.32. The normalized spacial score (nSPS) is 11.8. The van der Waals surface area contributed by atoms with E-state index < -0.39 is 0 Å². The minimum Gasteiger partial charge on any atom is -0.361 e. The Labute approximate surface area is 54.0 Å². The Morgan fingerprint density at radius 3 is 2.78 bits per heavy atom. The monoisotopic (exact) mass is 119 g/mol. The number of nitrogens with one attached hydrogen (secondary N) is 1. The zero-order valence-corrected chi connectivity index (χ0v) is 5.22. The molecule has 1 N–H and O–H groups in total. The third kappa shape index (κ3) is 1.11. The van der Waals surface area contributed by atoms with Gasteiger partial charge in [0.05, 0.1) is 0 Å². The first-order valence-electron chi connectivity index (χ1n) is 2.79. The van der Waals surface area contributed by atoms with E-state index in [9.17, 15) is 0 Å². The van der Waals surface area contributed by atoms with Crippen molar-refractivity contribution in [2.75, 3.05) is 0 Å². The van der Waals surface area contributed by atoms with Crippen molar-refractivity contribution in [1.82, 2.24) is 4.98 Å². The number of rotatable bonds is 1. The molecule has 0 amide bonds. The SMILES string of the molecule is C=C/C=c1/[nH]ccc1=C. The van der Waals surface area contributed by atoms with E-state index in [0.29, 0.717) is 0 Å². The van der Waals surface area contributed by atoms with Crippen LogP contribution in [0.4, 0.5) is 0 Å². The molecule has 1 heterocycles. The van der Waals surface area contributed by atoms with Crippen LogP contribution in [0, 0.1) is 0 Å². The standard InChI is InChI=1S/C8H9N/c1-3-4-8-7(2)5-6-9-8/h3-6,9H,1-2H2/b8-4+. The van der Waals surface area contributed by atoms with Crippen molar-refractivity contribution in [1.29, 1.82) is 0 Å². The van der Waals surface area contributed by atoms with Gasteiger partial charge in [-0.05, 0) is 17.4 Å². The third-order valence-electron chi connectivity index (χ3n) is 1.15. The van der Waals surface area contributed by atoms with Crippen molar-refractivity contribution in [3.8, 4) is 0 Å². The highest BCUT2D eigenvalue weighted by Crippen LogP contribution is 1.63. The summed E-state index contributed by atoms with van der Waals surface area (Å²) in [5.41, 5.74) is 0. The molecule has 1 heteroatoms. The van der Waals surface area contributed by atoms with E-state index in [1.54, 1.807) is 6.08 Å². The van der Waals surface area contributed by atoms with Crippen LogP contribution in [0.1, 0.15) is 0 Å². The molecule has 0 atom stereocenters. The summed E-state index contributed by atoms with van der Waals surface area (Å²) in [6, 6.07) is 1.93. The highest BCUT2D eigenvalue weighted by atomic mass is 14.6. The fraction of sp³-hybridized carbons (Fsp3) is 0. The molecular formula is C8H9N. The molecule has 1 aromatic rings. The summed E-state index contributed by atoms with van der Waals surface area (Å²) < 4.78 is 0. The average molecular weight is 119 g/mol. The highest BCUT2D eigenvalue weighted by molar-refractivity contribution is 5.33. The summed E-state index contributed by atoms with van der Waals surface area (Å²) in [6.45, 7) is 7.36. The van der Waals surface area contributed by atoms with Crippen molar-refractivity contribution >= 4 is 12.7 Å². The molecular weight excluding hydrogens is 110 g/mol. The van der Waals surface area contributed by atoms with E-state index in [1.165, 1.54) is 0 Å². The van der Waals surface area contributed by atoms with Crippen LogP contribution < -0.4 is 10.6 Å². The molecule has 46 valence electrons. The number of aromatic nitrogens is 1. The molecule has 0 saturated heterocycles. The summed E-state index contributed by atoms with van der Waals surface area (Å²) in [6.07, 6.45) is 5.49. The molecule has 0 spiro atoms. The van der Waals surface area contributed by atoms with Crippen LogP contribution in [0.5, 0.6) is 0 Å². The second-order valence-corrected chi connectivity index (χ2v) is 1.82. The second-order valence-electron chi connectivity index (χ2n) is 1.82. The van der Waals surface area contributed by atoms with E-state index in [2.05, 4.69) is 18.1 Å². The maximum Gasteiger partial charge on any atom is 0.0447 e. The summed E-state index contributed by atoms with van der Waals surface area (Å²) in [5.74, 6) is 0. The van der Waals surface area contributed by atoms with E-state index in [1.807, 2.05) is 18.3 Å². The molecule has 0 aliphatic carbocycles. The first-order valence-corrected chi connectivity index (χ1v) is 2.79. The molecule has 0 radical (unpaired) electrons. The van der Waals surface area contributed by atoms with Crippen molar-refractivity contribution in [3.63, 3.8) is 0 Å². The molecule has 0 saturated carbocycles. The summed E-state index contributed by atoms with van der Waals surface area (Å²) >= 11 is 0. The summed E-state index contributed by atoms with van der Waals surface area (Å²) in [5, 5.41) is 2.04. The number of allylic oxidation sites excluding steroid dienone is 1. The van der Waals surface area contributed by atoms with Gasteiger partial charge in [0.1, 0.15) is 0 Å². The van der Waals surface area contributed by atoms with Gasteiger partial charge in [0.15, 0.2) is 0 Å². The number of aromatic amines is 1. The Morgan fingerprint density at radius 1 is 1.56 bits per heavy atom. The van der Waals surface area contributed by atoms with Gasteiger partial charge >= 0.3 is 0 Å². The van der Waals surface area contributed by atoms with Gasteiger partial charge in [-0.2, -0.15) is 0 Å². The molecule has 0 aromatic carbocycles. The van der Waals surface area contributed by atoms with Crippen LogP contribution in [0.3, 0.4) is 0 Å². The second kappa shape index (κ2) is 2.35. The van der Waals surface area contributed by atoms with Crippen molar-refractivity contribution in [2.24, 2.45) is 0 Å².